The summed E-state index contributed by atoms with van der Waals surface area (Å²) in [6.45, 7) is 2.41. The molecule has 0 unspecified atom stereocenters. The van der Waals surface area contributed by atoms with Gasteiger partial charge in [-0.1, -0.05) is 91.0 Å². The third-order valence-electron chi connectivity index (χ3n) is 6.94. The zero-order valence-corrected chi connectivity index (χ0v) is 20.0. The summed E-state index contributed by atoms with van der Waals surface area (Å²) in [6.07, 6.45) is 6.56. The van der Waals surface area contributed by atoms with Crippen LogP contribution in [0.25, 0.3) is 11.0 Å². The summed E-state index contributed by atoms with van der Waals surface area (Å²) < 4.78 is 2.34. The lowest BCUT2D eigenvalue weighted by Crippen LogP contribution is -2.25. The van der Waals surface area contributed by atoms with E-state index in [1.165, 1.54) is 46.3 Å². The van der Waals surface area contributed by atoms with Crippen LogP contribution in [0.4, 0.5) is 5.82 Å². The van der Waals surface area contributed by atoms with E-state index in [1.807, 2.05) is 6.33 Å². The number of rotatable bonds is 7. The monoisotopic (exact) mass is 458 g/mol. The summed E-state index contributed by atoms with van der Waals surface area (Å²) in [7, 11) is 0. The normalized spacial score (nSPS) is 13.0. The first-order valence-electron chi connectivity index (χ1n) is 12.6. The van der Waals surface area contributed by atoms with Crippen molar-refractivity contribution in [1.82, 2.24) is 14.5 Å². The summed E-state index contributed by atoms with van der Waals surface area (Å²) in [5, 5.41) is 0. The fourth-order valence-electron chi connectivity index (χ4n) is 5.24. The highest BCUT2D eigenvalue weighted by Crippen LogP contribution is 2.34. The fraction of sp³-hybridized carbons (Fsp3) is 0.226. The molecule has 4 heteroatoms. The van der Waals surface area contributed by atoms with Gasteiger partial charge in [0.1, 0.15) is 5.52 Å². The van der Waals surface area contributed by atoms with Crippen LogP contribution in [0.15, 0.2) is 97.3 Å². The Kier molecular flexibility index (Phi) is 6.02. The molecule has 4 nitrogen and oxygen atoms in total. The predicted molar refractivity (Wildman–Crippen MR) is 142 cm³/mol. The molecule has 0 N–H and O–H groups in total. The molecule has 1 aliphatic carbocycles. The molecular weight excluding hydrogens is 428 g/mol. The number of nitrogens with zero attached hydrogens (tertiary/aromatic N) is 4. The molecule has 35 heavy (non-hydrogen) atoms. The maximum Gasteiger partial charge on any atom is 0.157 e. The number of anilines is 1. The SMILES string of the molecule is c1ccc(CN(Cc2ccccc2)c2nc3c(c4c2ncn4Cc2ccccc2)CCCC3)cc1. The van der Waals surface area contributed by atoms with Gasteiger partial charge in [0.15, 0.2) is 5.82 Å². The average molecular weight is 459 g/mol. The van der Waals surface area contributed by atoms with Gasteiger partial charge in [0.2, 0.25) is 0 Å². The van der Waals surface area contributed by atoms with E-state index in [0.29, 0.717) is 0 Å². The largest absolute Gasteiger partial charge is 0.346 e. The number of aromatic nitrogens is 3. The molecule has 2 heterocycles. The number of pyridine rings is 1. The molecular formula is C31H30N4. The summed E-state index contributed by atoms with van der Waals surface area (Å²) in [5.41, 5.74) is 8.77. The van der Waals surface area contributed by atoms with Crippen molar-refractivity contribution in [1.29, 1.82) is 0 Å². The highest BCUT2D eigenvalue weighted by Gasteiger charge is 2.24. The molecule has 0 saturated heterocycles. The van der Waals surface area contributed by atoms with E-state index in [4.69, 9.17) is 9.97 Å². The molecule has 0 atom stereocenters. The number of hydrogen-bond donors (Lipinski definition) is 0. The van der Waals surface area contributed by atoms with Crippen LogP contribution in [-0.2, 0) is 32.5 Å². The van der Waals surface area contributed by atoms with Crippen LogP contribution in [0, 0.1) is 0 Å². The Morgan fingerprint density at radius 3 is 1.89 bits per heavy atom. The van der Waals surface area contributed by atoms with Gasteiger partial charge in [-0.15, -0.1) is 0 Å². The molecule has 0 radical (unpaired) electrons. The first-order chi connectivity index (χ1) is 17.3. The Labute approximate surface area is 206 Å². The maximum atomic E-state index is 5.30. The van der Waals surface area contributed by atoms with Crippen LogP contribution >= 0.6 is 0 Å². The van der Waals surface area contributed by atoms with Crippen molar-refractivity contribution in [3.63, 3.8) is 0 Å². The van der Waals surface area contributed by atoms with Gasteiger partial charge in [0, 0.05) is 25.3 Å². The van der Waals surface area contributed by atoms with Crippen molar-refractivity contribution in [2.45, 2.75) is 45.3 Å². The summed E-state index contributed by atoms with van der Waals surface area (Å²) in [5.74, 6) is 1.00. The number of aryl methyl sites for hydroxylation is 2. The third-order valence-corrected chi connectivity index (χ3v) is 6.94. The number of fused-ring (bicyclic) bond motifs is 3. The lowest BCUT2D eigenvalue weighted by Gasteiger charge is -2.27. The highest BCUT2D eigenvalue weighted by molar-refractivity contribution is 5.90. The van der Waals surface area contributed by atoms with Gasteiger partial charge in [-0.3, -0.25) is 0 Å². The van der Waals surface area contributed by atoms with Crippen molar-refractivity contribution < 1.29 is 0 Å². The molecule has 0 amide bonds. The minimum absolute atomic E-state index is 0.794. The van der Waals surface area contributed by atoms with E-state index in [1.54, 1.807) is 0 Å². The van der Waals surface area contributed by atoms with Gasteiger partial charge < -0.3 is 9.47 Å². The topological polar surface area (TPSA) is 34.0 Å². The van der Waals surface area contributed by atoms with E-state index in [0.717, 1.165) is 43.8 Å². The first-order valence-corrected chi connectivity index (χ1v) is 12.6. The quantitative estimate of drug-likeness (QED) is 0.277. The molecule has 6 rings (SSSR count). The average Bonchev–Trinajstić information content (AvgIpc) is 3.33. The van der Waals surface area contributed by atoms with Crippen LogP contribution < -0.4 is 4.90 Å². The number of imidazole rings is 1. The molecule has 174 valence electrons. The van der Waals surface area contributed by atoms with Gasteiger partial charge in [-0.25, -0.2) is 9.97 Å². The van der Waals surface area contributed by atoms with Crippen molar-refractivity contribution in [2.75, 3.05) is 4.90 Å². The van der Waals surface area contributed by atoms with Crippen LogP contribution in [0.2, 0.25) is 0 Å². The molecule has 3 aromatic carbocycles. The second kappa shape index (κ2) is 9.75. The summed E-state index contributed by atoms with van der Waals surface area (Å²) in [6, 6.07) is 32.1. The molecule has 0 aliphatic heterocycles. The summed E-state index contributed by atoms with van der Waals surface area (Å²) >= 11 is 0. The molecule has 1 aliphatic rings. The van der Waals surface area contributed by atoms with E-state index >= 15 is 0 Å². The van der Waals surface area contributed by atoms with Gasteiger partial charge in [0.25, 0.3) is 0 Å². The van der Waals surface area contributed by atoms with Crippen molar-refractivity contribution in [3.05, 3.63) is 125 Å². The van der Waals surface area contributed by atoms with Crippen LogP contribution in [0.3, 0.4) is 0 Å². The third kappa shape index (κ3) is 4.57. The lowest BCUT2D eigenvalue weighted by atomic mass is 9.94. The highest BCUT2D eigenvalue weighted by atomic mass is 15.2. The molecule has 5 aromatic rings. The Morgan fingerprint density at radius 1 is 0.686 bits per heavy atom. The molecule has 0 fully saturated rings. The van der Waals surface area contributed by atoms with Crippen LogP contribution in [0.5, 0.6) is 0 Å². The minimum atomic E-state index is 0.794. The molecule has 0 spiro atoms. The van der Waals surface area contributed by atoms with Crippen molar-refractivity contribution in [3.8, 4) is 0 Å². The second-order valence-corrected chi connectivity index (χ2v) is 9.45. The van der Waals surface area contributed by atoms with Gasteiger partial charge in [-0.05, 0) is 47.9 Å². The Hall–Kier alpha value is -3.92. The second-order valence-electron chi connectivity index (χ2n) is 9.45. The van der Waals surface area contributed by atoms with E-state index in [2.05, 4.69) is 100 Å². The maximum absolute atomic E-state index is 5.30. The number of hydrogen-bond acceptors (Lipinski definition) is 3. The summed E-state index contributed by atoms with van der Waals surface area (Å²) in [4.78, 5) is 12.7. The Balaban J connectivity index is 1.48. The fourth-order valence-corrected chi connectivity index (χ4v) is 5.24. The minimum Gasteiger partial charge on any atom is -0.346 e. The van der Waals surface area contributed by atoms with Crippen LogP contribution in [-0.4, -0.2) is 14.5 Å². The lowest BCUT2D eigenvalue weighted by molar-refractivity contribution is 0.664. The smallest absolute Gasteiger partial charge is 0.157 e. The van der Waals surface area contributed by atoms with Crippen molar-refractivity contribution in [2.24, 2.45) is 0 Å². The van der Waals surface area contributed by atoms with E-state index in [-0.39, 0.29) is 0 Å². The zero-order chi connectivity index (χ0) is 23.5. The van der Waals surface area contributed by atoms with Crippen molar-refractivity contribution >= 4 is 16.9 Å². The van der Waals surface area contributed by atoms with Crippen LogP contribution in [0.1, 0.15) is 40.8 Å². The predicted octanol–water partition coefficient (Wildman–Crippen LogP) is 6.57. The first kappa shape index (κ1) is 21.6. The standard InChI is InChI=1S/C31H30N4/c1-4-12-24(13-5-1)20-34(21-25-14-6-2-7-15-25)31-29-30(27-18-10-11-19-28(27)33-31)35(23-32-29)22-26-16-8-3-9-17-26/h1-9,12-17,23H,10-11,18-22H2. The zero-order valence-electron chi connectivity index (χ0n) is 20.0. The molecule has 2 aromatic heterocycles. The Morgan fingerprint density at radius 2 is 1.26 bits per heavy atom. The van der Waals surface area contributed by atoms with Gasteiger partial charge in [0.05, 0.1) is 11.8 Å². The van der Waals surface area contributed by atoms with E-state index in [9.17, 15) is 0 Å². The van der Waals surface area contributed by atoms with E-state index < -0.39 is 0 Å². The van der Waals surface area contributed by atoms with Gasteiger partial charge in [-0.2, -0.15) is 0 Å². The molecule has 0 bridgehead atoms. The van der Waals surface area contributed by atoms with Gasteiger partial charge >= 0.3 is 0 Å². The molecule has 0 saturated carbocycles. The Bertz CT molecular complexity index is 1370. The number of benzene rings is 3.